The molecule has 0 saturated carbocycles. The molecule has 2 aromatic rings. The fourth-order valence-corrected chi connectivity index (χ4v) is 2.24. The molecule has 126 valence electrons. The molecule has 0 aromatic heterocycles. The molecule has 2 aromatic carbocycles. The quantitative estimate of drug-likeness (QED) is 0.620. The second-order valence-electron chi connectivity index (χ2n) is 5.12. The fraction of sp³-hybridized carbons (Fsp3) is 0.188. The number of anilines is 1. The summed E-state index contributed by atoms with van der Waals surface area (Å²) in [5.41, 5.74) is 1.57. The Hall–Kier alpha value is -2.31. The number of nitro benzene ring substituents is 1. The number of nitrogens with zero attached hydrogens (tertiary/aromatic N) is 1. The number of aryl methyl sites for hydroxylation is 2. The van der Waals surface area contributed by atoms with Crippen LogP contribution in [0, 0.1) is 24.0 Å². The van der Waals surface area contributed by atoms with Crippen molar-refractivity contribution in [3.63, 3.8) is 0 Å². The van der Waals surface area contributed by atoms with Crippen LogP contribution in [0.5, 0.6) is 5.75 Å². The Bertz CT molecular complexity index is 809. The Morgan fingerprint density at radius 3 is 2.46 bits per heavy atom. The zero-order valence-electron chi connectivity index (χ0n) is 12.9. The molecule has 0 spiro atoms. The molecular formula is C16H14Cl2N2O4. The van der Waals surface area contributed by atoms with Crippen molar-refractivity contribution in [1.29, 1.82) is 0 Å². The predicted molar refractivity (Wildman–Crippen MR) is 93.2 cm³/mol. The molecule has 1 N–H and O–H groups in total. The number of rotatable bonds is 5. The number of hydrogen-bond acceptors (Lipinski definition) is 4. The van der Waals surface area contributed by atoms with Gasteiger partial charge in [0.1, 0.15) is 11.4 Å². The number of carbonyl (C=O) groups excluding carboxylic acids is 1. The van der Waals surface area contributed by atoms with E-state index in [-0.39, 0.29) is 18.0 Å². The van der Waals surface area contributed by atoms with E-state index in [0.717, 1.165) is 11.1 Å². The van der Waals surface area contributed by atoms with Gasteiger partial charge in [-0.25, -0.2) is 0 Å². The zero-order chi connectivity index (χ0) is 17.9. The zero-order valence-corrected chi connectivity index (χ0v) is 14.4. The molecular weight excluding hydrogens is 355 g/mol. The first-order valence-electron chi connectivity index (χ1n) is 6.91. The minimum absolute atomic E-state index is 0.130. The van der Waals surface area contributed by atoms with E-state index in [0.29, 0.717) is 15.8 Å². The van der Waals surface area contributed by atoms with Crippen LogP contribution < -0.4 is 10.1 Å². The number of nitro groups is 1. The van der Waals surface area contributed by atoms with Crippen LogP contribution in [0.2, 0.25) is 10.0 Å². The highest BCUT2D eigenvalue weighted by atomic mass is 35.5. The Morgan fingerprint density at radius 2 is 1.83 bits per heavy atom. The highest BCUT2D eigenvalue weighted by Gasteiger charge is 2.17. The third-order valence-electron chi connectivity index (χ3n) is 3.34. The molecule has 1 amide bonds. The van der Waals surface area contributed by atoms with E-state index >= 15 is 0 Å². The first-order valence-corrected chi connectivity index (χ1v) is 7.67. The molecule has 0 radical (unpaired) electrons. The summed E-state index contributed by atoms with van der Waals surface area (Å²) >= 11 is 11.7. The minimum Gasteiger partial charge on any atom is -0.484 e. The molecule has 0 unspecified atom stereocenters. The monoisotopic (exact) mass is 368 g/mol. The number of amides is 1. The molecule has 0 aliphatic heterocycles. The lowest BCUT2D eigenvalue weighted by Crippen LogP contribution is -2.21. The average molecular weight is 369 g/mol. The number of nitrogens with one attached hydrogen (secondary N) is 1. The van der Waals surface area contributed by atoms with Crippen molar-refractivity contribution in [3.05, 3.63) is 61.6 Å². The molecule has 6 nitrogen and oxygen atoms in total. The number of halogens is 2. The van der Waals surface area contributed by atoms with Crippen molar-refractivity contribution in [1.82, 2.24) is 0 Å². The number of hydrogen-bond donors (Lipinski definition) is 1. The molecule has 0 aliphatic carbocycles. The van der Waals surface area contributed by atoms with Gasteiger partial charge in [0.15, 0.2) is 6.61 Å². The standard InChI is InChI=1S/C16H14Cl2N2O4/c1-9-5-14(15(20(22)23)6-10(9)2)19-16(21)8-24-11-3-4-12(17)13(18)7-11/h3-7H,8H2,1-2H3,(H,19,21). The lowest BCUT2D eigenvalue weighted by molar-refractivity contribution is -0.384. The summed E-state index contributed by atoms with van der Waals surface area (Å²) in [7, 11) is 0. The lowest BCUT2D eigenvalue weighted by atomic mass is 10.1. The molecule has 0 fully saturated rings. The summed E-state index contributed by atoms with van der Waals surface area (Å²) in [6, 6.07) is 7.58. The van der Waals surface area contributed by atoms with Gasteiger partial charge in [-0.2, -0.15) is 0 Å². The maximum atomic E-state index is 12.0. The summed E-state index contributed by atoms with van der Waals surface area (Å²) in [4.78, 5) is 22.6. The Morgan fingerprint density at radius 1 is 1.17 bits per heavy atom. The Labute approximate surface area is 148 Å². The highest BCUT2D eigenvalue weighted by Crippen LogP contribution is 2.28. The Balaban J connectivity index is 2.08. The SMILES string of the molecule is Cc1cc(NC(=O)COc2ccc(Cl)c(Cl)c2)c([N+](=O)[O-])cc1C. The number of ether oxygens (including phenoxy) is 1. The summed E-state index contributed by atoms with van der Waals surface area (Å²) < 4.78 is 5.31. The van der Waals surface area contributed by atoms with Gasteiger partial charge in [0, 0.05) is 12.1 Å². The third kappa shape index (κ3) is 4.37. The van der Waals surface area contributed by atoms with Crippen LogP contribution in [0.15, 0.2) is 30.3 Å². The second kappa shape index (κ2) is 7.51. The van der Waals surface area contributed by atoms with Crippen LogP contribution in [0.3, 0.4) is 0 Å². The van der Waals surface area contributed by atoms with Gasteiger partial charge < -0.3 is 10.1 Å². The Kier molecular flexibility index (Phi) is 5.64. The maximum absolute atomic E-state index is 12.0. The van der Waals surface area contributed by atoms with Crippen molar-refractivity contribution >= 4 is 40.5 Å². The van der Waals surface area contributed by atoms with Crippen LogP contribution in [-0.2, 0) is 4.79 Å². The lowest BCUT2D eigenvalue weighted by Gasteiger charge is -2.10. The van der Waals surface area contributed by atoms with E-state index in [1.165, 1.54) is 12.1 Å². The van der Waals surface area contributed by atoms with E-state index in [4.69, 9.17) is 27.9 Å². The van der Waals surface area contributed by atoms with Crippen LogP contribution in [-0.4, -0.2) is 17.4 Å². The van der Waals surface area contributed by atoms with Crippen molar-refractivity contribution in [2.75, 3.05) is 11.9 Å². The van der Waals surface area contributed by atoms with Crippen molar-refractivity contribution in [2.24, 2.45) is 0 Å². The number of benzene rings is 2. The molecule has 8 heteroatoms. The van der Waals surface area contributed by atoms with Gasteiger partial charge in [-0.1, -0.05) is 23.2 Å². The predicted octanol–water partition coefficient (Wildman–Crippen LogP) is 4.54. The van der Waals surface area contributed by atoms with Gasteiger partial charge in [-0.05, 0) is 43.2 Å². The molecule has 0 atom stereocenters. The summed E-state index contributed by atoms with van der Waals surface area (Å²) in [6.45, 7) is 3.25. The van der Waals surface area contributed by atoms with E-state index in [2.05, 4.69) is 5.32 Å². The van der Waals surface area contributed by atoms with Crippen molar-refractivity contribution in [3.8, 4) is 5.75 Å². The van der Waals surface area contributed by atoms with Gasteiger partial charge in [0.05, 0.1) is 15.0 Å². The van der Waals surface area contributed by atoms with E-state index < -0.39 is 10.8 Å². The normalized spacial score (nSPS) is 10.3. The van der Waals surface area contributed by atoms with E-state index in [1.54, 1.807) is 32.0 Å². The maximum Gasteiger partial charge on any atom is 0.293 e. The molecule has 0 bridgehead atoms. The van der Waals surface area contributed by atoms with Crippen LogP contribution in [0.4, 0.5) is 11.4 Å². The van der Waals surface area contributed by atoms with E-state index in [1.807, 2.05) is 0 Å². The molecule has 2 rings (SSSR count). The van der Waals surface area contributed by atoms with Crippen LogP contribution >= 0.6 is 23.2 Å². The summed E-state index contributed by atoms with van der Waals surface area (Å²) in [6.07, 6.45) is 0. The number of carbonyl (C=O) groups is 1. The molecule has 0 aliphatic rings. The first-order chi connectivity index (χ1) is 11.3. The van der Waals surface area contributed by atoms with Gasteiger partial charge in [-0.15, -0.1) is 0 Å². The van der Waals surface area contributed by atoms with Crippen molar-refractivity contribution < 1.29 is 14.5 Å². The average Bonchev–Trinajstić information content (AvgIpc) is 2.51. The fourth-order valence-electron chi connectivity index (χ4n) is 1.95. The molecule has 24 heavy (non-hydrogen) atoms. The molecule has 0 saturated heterocycles. The van der Waals surface area contributed by atoms with Gasteiger partial charge in [-0.3, -0.25) is 14.9 Å². The smallest absolute Gasteiger partial charge is 0.293 e. The van der Waals surface area contributed by atoms with Crippen LogP contribution in [0.1, 0.15) is 11.1 Å². The van der Waals surface area contributed by atoms with Gasteiger partial charge in [0.25, 0.3) is 11.6 Å². The van der Waals surface area contributed by atoms with E-state index in [9.17, 15) is 14.9 Å². The van der Waals surface area contributed by atoms with Gasteiger partial charge >= 0.3 is 0 Å². The first kappa shape index (κ1) is 18.0. The van der Waals surface area contributed by atoms with Gasteiger partial charge in [0.2, 0.25) is 0 Å². The third-order valence-corrected chi connectivity index (χ3v) is 4.08. The summed E-state index contributed by atoms with van der Waals surface area (Å²) in [5, 5.41) is 14.3. The topological polar surface area (TPSA) is 81.5 Å². The minimum atomic E-state index is -0.540. The van der Waals surface area contributed by atoms with Crippen molar-refractivity contribution in [2.45, 2.75) is 13.8 Å². The largest absolute Gasteiger partial charge is 0.484 e. The summed E-state index contributed by atoms with van der Waals surface area (Å²) in [5.74, 6) is -0.151. The highest BCUT2D eigenvalue weighted by molar-refractivity contribution is 6.42. The molecule has 0 heterocycles. The second-order valence-corrected chi connectivity index (χ2v) is 5.94. The van der Waals surface area contributed by atoms with Crippen LogP contribution in [0.25, 0.3) is 0 Å².